The van der Waals surface area contributed by atoms with E-state index in [1.807, 2.05) is 12.1 Å². The van der Waals surface area contributed by atoms with Crippen LogP contribution in [0.25, 0.3) is 0 Å². The molecule has 2 aromatic rings. The monoisotopic (exact) mass is 298 g/mol. The van der Waals surface area contributed by atoms with Crippen LogP contribution in [-0.2, 0) is 12.0 Å². The van der Waals surface area contributed by atoms with Crippen LogP contribution in [0.3, 0.4) is 0 Å². The first kappa shape index (κ1) is 15.0. The maximum atomic E-state index is 13.2. The van der Waals surface area contributed by atoms with E-state index in [4.69, 9.17) is 5.73 Å². The Balaban J connectivity index is 1.88. The van der Waals surface area contributed by atoms with Crippen molar-refractivity contribution >= 4 is 5.69 Å². The van der Waals surface area contributed by atoms with E-state index in [2.05, 4.69) is 36.1 Å². The topological polar surface area (TPSA) is 29.3 Å². The normalized spacial score (nSPS) is 17.0. The van der Waals surface area contributed by atoms with Gasteiger partial charge in [-0.2, -0.15) is 0 Å². The number of aryl methyl sites for hydroxylation is 1. The Bertz CT molecular complexity index is 638. The van der Waals surface area contributed by atoms with Crippen LogP contribution in [0, 0.1) is 5.82 Å². The molecule has 0 saturated heterocycles. The summed E-state index contributed by atoms with van der Waals surface area (Å²) in [4.78, 5) is 2.38. The molecule has 2 N–H and O–H groups in total. The van der Waals surface area contributed by atoms with Gasteiger partial charge in [0.2, 0.25) is 0 Å². The van der Waals surface area contributed by atoms with Crippen molar-refractivity contribution in [2.24, 2.45) is 5.73 Å². The van der Waals surface area contributed by atoms with Crippen LogP contribution in [0.1, 0.15) is 30.9 Å². The SMILES string of the molecule is CCC(N)(CN1CCCc2ccccc21)c1ccc(F)cc1. The molecule has 1 heterocycles. The molecule has 1 atom stereocenters. The van der Waals surface area contributed by atoms with Crippen molar-refractivity contribution in [1.29, 1.82) is 0 Å². The molecule has 0 amide bonds. The number of anilines is 1. The number of hydrogen-bond acceptors (Lipinski definition) is 2. The van der Waals surface area contributed by atoms with Crippen LogP contribution >= 0.6 is 0 Å². The number of fused-ring (bicyclic) bond motifs is 1. The molecule has 116 valence electrons. The highest BCUT2D eigenvalue weighted by atomic mass is 19.1. The van der Waals surface area contributed by atoms with Gasteiger partial charge in [-0.1, -0.05) is 37.3 Å². The molecule has 3 heteroatoms. The maximum Gasteiger partial charge on any atom is 0.123 e. The van der Waals surface area contributed by atoms with Crippen LogP contribution in [0.15, 0.2) is 48.5 Å². The first-order valence-electron chi connectivity index (χ1n) is 8.00. The quantitative estimate of drug-likeness (QED) is 0.929. The second-order valence-electron chi connectivity index (χ2n) is 6.17. The Morgan fingerprint density at radius 1 is 1.14 bits per heavy atom. The molecular weight excluding hydrogens is 275 g/mol. The number of nitrogens with two attached hydrogens (primary N) is 1. The van der Waals surface area contributed by atoms with Crippen LogP contribution < -0.4 is 10.6 Å². The van der Waals surface area contributed by atoms with E-state index in [0.29, 0.717) is 0 Å². The fourth-order valence-corrected chi connectivity index (χ4v) is 3.31. The third-order valence-electron chi connectivity index (χ3n) is 4.73. The van der Waals surface area contributed by atoms with Gasteiger partial charge < -0.3 is 10.6 Å². The largest absolute Gasteiger partial charge is 0.369 e. The zero-order chi connectivity index (χ0) is 15.6. The molecule has 0 aliphatic carbocycles. The lowest BCUT2D eigenvalue weighted by Crippen LogP contribution is -2.48. The summed E-state index contributed by atoms with van der Waals surface area (Å²) >= 11 is 0. The summed E-state index contributed by atoms with van der Waals surface area (Å²) < 4.78 is 13.2. The molecule has 0 aromatic heterocycles. The van der Waals surface area contributed by atoms with Gasteiger partial charge in [-0.15, -0.1) is 0 Å². The first-order chi connectivity index (χ1) is 10.6. The van der Waals surface area contributed by atoms with E-state index in [0.717, 1.165) is 37.9 Å². The molecule has 1 aliphatic rings. The average molecular weight is 298 g/mol. The highest BCUT2D eigenvalue weighted by molar-refractivity contribution is 5.56. The molecule has 0 bridgehead atoms. The summed E-state index contributed by atoms with van der Waals surface area (Å²) in [6, 6.07) is 15.2. The van der Waals surface area contributed by atoms with Gasteiger partial charge in [-0.3, -0.25) is 0 Å². The van der Waals surface area contributed by atoms with Crippen molar-refractivity contribution in [2.75, 3.05) is 18.0 Å². The van der Waals surface area contributed by atoms with Crippen LogP contribution in [0.4, 0.5) is 10.1 Å². The Kier molecular flexibility index (Phi) is 4.16. The Hall–Kier alpha value is -1.87. The summed E-state index contributed by atoms with van der Waals surface area (Å²) in [6.45, 7) is 3.88. The molecule has 1 unspecified atom stereocenters. The van der Waals surface area contributed by atoms with Crippen molar-refractivity contribution in [3.63, 3.8) is 0 Å². The fraction of sp³-hybridized carbons (Fsp3) is 0.368. The summed E-state index contributed by atoms with van der Waals surface area (Å²) in [5.41, 5.74) is 9.92. The highest BCUT2D eigenvalue weighted by Gasteiger charge is 2.30. The van der Waals surface area contributed by atoms with Crippen molar-refractivity contribution in [3.8, 4) is 0 Å². The summed E-state index contributed by atoms with van der Waals surface area (Å²) in [6.07, 6.45) is 3.10. The molecule has 0 spiro atoms. The number of hydrogen-bond donors (Lipinski definition) is 1. The average Bonchev–Trinajstić information content (AvgIpc) is 2.55. The van der Waals surface area contributed by atoms with Gasteiger partial charge in [-0.25, -0.2) is 4.39 Å². The van der Waals surface area contributed by atoms with Gasteiger partial charge in [0.25, 0.3) is 0 Å². The first-order valence-corrected chi connectivity index (χ1v) is 8.00. The standard InChI is InChI=1S/C19H23FN2/c1-2-19(21,16-9-11-17(20)12-10-16)14-22-13-5-7-15-6-3-4-8-18(15)22/h3-4,6,8-12H,2,5,7,13-14,21H2,1H3. The van der Waals surface area contributed by atoms with Crippen LogP contribution in [0.2, 0.25) is 0 Å². The van der Waals surface area contributed by atoms with Crippen molar-refractivity contribution in [1.82, 2.24) is 0 Å². The maximum absolute atomic E-state index is 13.2. The predicted octanol–water partition coefficient (Wildman–Crippen LogP) is 3.84. The Morgan fingerprint density at radius 2 is 1.86 bits per heavy atom. The minimum atomic E-state index is -0.460. The van der Waals surface area contributed by atoms with E-state index in [1.165, 1.54) is 23.4 Å². The zero-order valence-corrected chi connectivity index (χ0v) is 13.1. The summed E-state index contributed by atoms with van der Waals surface area (Å²) in [5, 5.41) is 0. The highest BCUT2D eigenvalue weighted by Crippen LogP contribution is 2.31. The lowest BCUT2D eigenvalue weighted by atomic mass is 9.86. The second-order valence-corrected chi connectivity index (χ2v) is 6.17. The number of rotatable bonds is 4. The minimum Gasteiger partial charge on any atom is -0.369 e. The number of halogens is 1. The van der Waals surface area contributed by atoms with Crippen molar-refractivity contribution in [3.05, 3.63) is 65.5 Å². The van der Waals surface area contributed by atoms with Crippen molar-refractivity contribution < 1.29 is 4.39 Å². The van der Waals surface area contributed by atoms with Gasteiger partial charge in [0.05, 0.1) is 5.54 Å². The van der Waals surface area contributed by atoms with Gasteiger partial charge in [0.1, 0.15) is 5.82 Å². The predicted molar refractivity (Wildman–Crippen MR) is 89.5 cm³/mol. The van der Waals surface area contributed by atoms with E-state index < -0.39 is 5.54 Å². The second kappa shape index (κ2) is 6.09. The van der Waals surface area contributed by atoms with E-state index >= 15 is 0 Å². The molecule has 0 fully saturated rings. The molecule has 0 saturated carbocycles. The fourth-order valence-electron chi connectivity index (χ4n) is 3.31. The number of para-hydroxylation sites is 1. The molecule has 1 aliphatic heterocycles. The third-order valence-corrected chi connectivity index (χ3v) is 4.73. The number of nitrogens with zero attached hydrogens (tertiary/aromatic N) is 1. The van der Waals surface area contributed by atoms with E-state index in [9.17, 15) is 4.39 Å². The summed E-state index contributed by atoms with van der Waals surface area (Å²) in [5.74, 6) is -0.217. The number of benzene rings is 2. The van der Waals surface area contributed by atoms with Crippen LogP contribution in [-0.4, -0.2) is 13.1 Å². The lowest BCUT2D eigenvalue weighted by molar-refractivity contribution is 0.417. The van der Waals surface area contributed by atoms with E-state index in [-0.39, 0.29) is 5.82 Å². The molecule has 2 nitrogen and oxygen atoms in total. The van der Waals surface area contributed by atoms with E-state index in [1.54, 1.807) is 0 Å². The zero-order valence-electron chi connectivity index (χ0n) is 13.1. The lowest BCUT2D eigenvalue weighted by Gasteiger charge is -2.39. The van der Waals surface area contributed by atoms with Gasteiger partial charge in [0.15, 0.2) is 0 Å². The summed E-state index contributed by atoms with van der Waals surface area (Å²) in [7, 11) is 0. The molecule has 2 aromatic carbocycles. The minimum absolute atomic E-state index is 0.217. The smallest absolute Gasteiger partial charge is 0.123 e. The third kappa shape index (κ3) is 2.86. The molecule has 0 radical (unpaired) electrons. The van der Waals surface area contributed by atoms with Gasteiger partial charge in [-0.05, 0) is 48.6 Å². The van der Waals surface area contributed by atoms with Gasteiger partial charge >= 0.3 is 0 Å². The Labute approximate surface area is 131 Å². The van der Waals surface area contributed by atoms with Crippen molar-refractivity contribution in [2.45, 2.75) is 31.7 Å². The molecule has 3 rings (SSSR count). The van der Waals surface area contributed by atoms with Gasteiger partial charge in [0, 0.05) is 18.8 Å². The molecule has 22 heavy (non-hydrogen) atoms. The Morgan fingerprint density at radius 3 is 2.59 bits per heavy atom. The van der Waals surface area contributed by atoms with Crippen LogP contribution in [0.5, 0.6) is 0 Å². The molecular formula is C19H23FN2.